The van der Waals surface area contributed by atoms with E-state index < -0.39 is 17.4 Å². The van der Waals surface area contributed by atoms with Crippen LogP contribution in [0, 0.1) is 0 Å². The molecule has 2 N–H and O–H groups in total. The van der Waals surface area contributed by atoms with Crippen molar-refractivity contribution < 1.29 is 9.53 Å². The lowest BCUT2D eigenvalue weighted by molar-refractivity contribution is -0.116. The summed E-state index contributed by atoms with van der Waals surface area (Å²) in [7, 11) is 0. The number of carbonyl (C=O) groups excluding carboxylic acids is 1. The Morgan fingerprint density at radius 3 is 3.13 bits per heavy atom. The van der Waals surface area contributed by atoms with Crippen LogP contribution in [0.3, 0.4) is 0 Å². The van der Waals surface area contributed by atoms with E-state index in [-0.39, 0.29) is 5.82 Å². The monoisotopic (exact) mass is 227 g/mol. The molecule has 0 aliphatic carbocycles. The van der Waals surface area contributed by atoms with E-state index in [4.69, 9.17) is 10.5 Å². The van der Waals surface area contributed by atoms with Crippen molar-refractivity contribution >= 4 is 23.9 Å². The minimum atomic E-state index is -0.501. The maximum absolute atomic E-state index is 11.4. The van der Waals surface area contributed by atoms with Gasteiger partial charge in [-0.05, 0) is 6.07 Å². The molecule has 1 aromatic heterocycles. The molecule has 2 unspecified atom stereocenters. The van der Waals surface area contributed by atoms with Crippen LogP contribution in [0.1, 0.15) is 6.23 Å². The van der Waals surface area contributed by atoms with Gasteiger partial charge in [-0.15, -0.1) is 11.8 Å². The lowest BCUT2D eigenvalue weighted by Gasteiger charge is -2.11. The minimum absolute atomic E-state index is 0.175. The van der Waals surface area contributed by atoms with Gasteiger partial charge in [0.1, 0.15) is 12.0 Å². The van der Waals surface area contributed by atoms with E-state index in [0.717, 1.165) is 0 Å². The number of nitrogens with zero attached hydrogens (tertiary/aromatic N) is 2. The molecule has 2 rings (SSSR count). The number of anilines is 1. The normalized spacial score (nSPS) is 25.3. The number of thioether (sulfide) groups is 1. The molecule has 0 bridgehead atoms. The number of hydrogen-bond donors (Lipinski definition) is 1. The maximum Gasteiger partial charge on any atom is 0.351 e. The van der Waals surface area contributed by atoms with E-state index in [2.05, 4.69) is 4.98 Å². The van der Waals surface area contributed by atoms with E-state index in [0.29, 0.717) is 12.0 Å². The van der Waals surface area contributed by atoms with Crippen LogP contribution in [0.4, 0.5) is 5.82 Å². The number of nitrogens with two attached hydrogens (primary N) is 1. The fourth-order valence-electron chi connectivity index (χ4n) is 1.27. The SMILES string of the molecule is Nc1ccn(C2CSC(C=O)O2)c(=O)n1. The smallest absolute Gasteiger partial charge is 0.351 e. The Hall–Kier alpha value is -1.34. The Labute approximate surface area is 89.4 Å². The third-order valence-corrected chi connectivity index (χ3v) is 3.00. The average Bonchev–Trinajstić information content (AvgIpc) is 2.66. The molecule has 0 amide bonds. The average molecular weight is 227 g/mol. The molecule has 0 spiro atoms. The predicted octanol–water partition coefficient (Wildman–Crippen LogP) is -0.388. The van der Waals surface area contributed by atoms with Gasteiger partial charge in [-0.3, -0.25) is 9.36 Å². The minimum Gasteiger partial charge on any atom is -0.383 e. The van der Waals surface area contributed by atoms with Crippen molar-refractivity contribution in [3.8, 4) is 0 Å². The lowest BCUT2D eigenvalue weighted by atomic mass is 10.5. The summed E-state index contributed by atoms with van der Waals surface area (Å²) in [4.78, 5) is 25.4. The molecule has 1 fully saturated rings. The van der Waals surface area contributed by atoms with Gasteiger partial charge in [-0.1, -0.05) is 0 Å². The second kappa shape index (κ2) is 4.03. The van der Waals surface area contributed by atoms with Crippen molar-refractivity contribution in [3.63, 3.8) is 0 Å². The third-order valence-electron chi connectivity index (χ3n) is 1.97. The van der Waals surface area contributed by atoms with Gasteiger partial charge >= 0.3 is 5.69 Å². The molecule has 6 nitrogen and oxygen atoms in total. The van der Waals surface area contributed by atoms with Gasteiger partial charge in [-0.2, -0.15) is 4.98 Å². The largest absolute Gasteiger partial charge is 0.383 e. The van der Waals surface area contributed by atoms with Crippen LogP contribution < -0.4 is 11.4 Å². The van der Waals surface area contributed by atoms with Gasteiger partial charge in [0, 0.05) is 11.9 Å². The van der Waals surface area contributed by atoms with Crippen molar-refractivity contribution in [2.24, 2.45) is 0 Å². The summed E-state index contributed by atoms with van der Waals surface area (Å²) in [6.45, 7) is 0. The molecular weight excluding hydrogens is 218 g/mol. The van der Waals surface area contributed by atoms with E-state index in [9.17, 15) is 9.59 Å². The molecule has 7 heteroatoms. The van der Waals surface area contributed by atoms with Crippen molar-refractivity contribution in [1.29, 1.82) is 0 Å². The zero-order valence-electron chi connectivity index (χ0n) is 7.70. The molecule has 80 valence electrons. The highest BCUT2D eigenvalue weighted by molar-refractivity contribution is 8.00. The Morgan fingerprint density at radius 2 is 2.53 bits per heavy atom. The second-order valence-electron chi connectivity index (χ2n) is 2.97. The lowest BCUT2D eigenvalue weighted by Crippen LogP contribution is -2.28. The Kier molecular flexibility index (Phi) is 2.74. The molecule has 0 radical (unpaired) electrons. The Bertz CT molecular complexity index is 433. The number of rotatable bonds is 2. The number of aromatic nitrogens is 2. The van der Waals surface area contributed by atoms with Crippen molar-refractivity contribution in [1.82, 2.24) is 9.55 Å². The highest BCUT2D eigenvalue weighted by Crippen LogP contribution is 2.29. The molecule has 2 heterocycles. The highest BCUT2D eigenvalue weighted by atomic mass is 32.2. The fourth-order valence-corrected chi connectivity index (χ4v) is 2.15. The molecule has 0 aromatic carbocycles. The molecular formula is C8H9N3O3S. The van der Waals surface area contributed by atoms with Crippen LogP contribution in [-0.2, 0) is 9.53 Å². The third kappa shape index (κ3) is 2.02. The number of hydrogen-bond acceptors (Lipinski definition) is 6. The summed E-state index contributed by atoms with van der Waals surface area (Å²) >= 11 is 1.35. The fraction of sp³-hybridized carbons (Fsp3) is 0.375. The summed E-state index contributed by atoms with van der Waals surface area (Å²) in [6.07, 6.45) is 1.79. The van der Waals surface area contributed by atoms with Crippen LogP contribution in [0.2, 0.25) is 0 Å². The first-order chi connectivity index (χ1) is 7.20. The van der Waals surface area contributed by atoms with Crippen LogP contribution >= 0.6 is 11.8 Å². The second-order valence-corrected chi connectivity index (χ2v) is 4.10. The molecule has 2 atom stereocenters. The van der Waals surface area contributed by atoms with Crippen molar-refractivity contribution in [2.75, 3.05) is 11.5 Å². The van der Waals surface area contributed by atoms with Gasteiger partial charge in [0.05, 0.1) is 0 Å². The summed E-state index contributed by atoms with van der Waals surface area (Å²) in [5, 5.41) is 0. The van der Waals surface area contributed by atoms with E-state index in [1.165, 1.54) is 28.6 Å². The van der Waals surface area contributed by atoms with Crippen LogP contribution in [0.15, 0.2) is 17.1 Å². The molecule has 0 saturated carbocycles. The zero-order chi connectivity index (χ0) is 10.8. The van der Waals surface area contributed by atoms with Crippen LogP contribution in [-0.4, -0.2) is 27.0 Å². The molecule has 1 saturated heterocycles. The number of ether oxygens (including phenoxy) is 1. The molecule has 1 aromatic rings. The van der Waals surface area contributed by atoms with Crippen molar-refractivity contribution in [2.45, 2.75) is 11.7 Å². The van der Waals surface area contributed by atoms with E-state index >= 15 is 0 Å². The number of nitrogen functional groups attached to an aromatic ring is 1. The van der Waals surface area contributed by atoms with E-state index in [1.54, 1.807) is 0 Å². The molecule has 15 heavy (non-hydrogen) atoms. The first-order valence-corrected chi connectivity index (χ1v) is 5.32. The Balaban J connectivity index is 2.24. The highest BCUT2D eigenvalue weighted by Gasteiger charge is 2.27. The van der Waals surface area contributed by atoms with Crippen LogP contribution in [0.25, 0.3) is 0 Å². The molecule has 1 aliphatic rings. The predicted molar refractivity (Wildman–Crippen MR) is 55.3 cm³/mol. The van der Waals surface area contributed by atoms with Gasteiger partial charge in [0.15, 0.2) is 11.7 Å². The Morgan fingerprint density at radius 1 is 1.73 bits per heavy atom. The molecule has 1 aliphatic heterocycles. The topological polar surface area (TPSA) is 87.2 Å². The van der Waals surface area contributed by atoms with Gasteiger partial charge in [-0.25, -0.2) is 4.79 Å². The number of carbonyl (C=O) groups is 1. The summed E-state index contributed by atoms with van der Waals surface area (Å²) < 4.78 is 6.62. The van der Waals surface area contributed by atoms with Crippen LogP contribution in [0.5, 0.6) is 0 Å². The van der Waals surface area contributed by atoms with E-state index in [1.807, 2.05) is 0 Å². The standard InChI is InChI=1S/C8H9N3O3S/c9-5-1-2-11(8(13)10-5)6-4-15-7(3-12)14-6/h1-3,6-7H,4H2,(H2,9,10,13). The van der Waals surface area contributed by atoms with Gasteiger partial charge in [0.2, 0.25) is 0 Å². The van der Waals surface area contributed by atoms with Gasteiger partial charge in [0.25, 0.3) is 0 Å². The van der Waals surface area contributed by atoms with Gasteiger partial charge < -0.3 is 10.5 Å². The first-order valence-electron chi connectivity index (χ1n) is 4.28. The summed E-state index contributed by atoms with van der Waals surface area (Å²) in [6, 6.07) is 1.52. The quantitative estimate of drug-likeness (QED) is 0.692. The summed E-state index contributed by atoms with van der Waals surface area (Å²) in [5.41, 5.74) is 4.39. The zero-order valence-corrected chi connectivity index (χ0v) is 8.52. The number of aldehydes is 1. The first kappa shape index (κ1) is 10.2. The van der Waals surface area contributed by atoms with Crippen molar-refractivity contribution in [3.05, 3.63) is 22.7 Å². The summed E-state index contributed by atoms with van der Waals surface area (Å²) in [5.74, 6) is 0.725. The maximum atomic E-state index is 11.4.